The van der Waals surface area contributed by atoms with Crippen LogP contribution < -0.4 is 5.56 Å². The Balaban J connectivity index is 1.79. The molecule has 2 heterocycles. The van der Waals surface area contributed by atoms with Crippen LogP contribution in [0.3, 0.4) is 0 Å². The first-order valence-corrected chi connectivity index (χ1v) is 9.37. The molecule has 0 aliphatic heterocycles. The number of fused-ring (bicyclic) bond motifs is 1. The summed E-state index contributed by atoms with van der Waals surface area (Å²) in [5, 5.41) is 14.9. The molecule has 2 aromatic carbocycles. The fourth-order valence-corrected chi connectivity index (χ4v) is 3.63. The van der Waals surface area contributed by atoms with E-state index in [1.807, 2.05) is 30.3 Å². The second-order valence-corrected chi connectivity index (χ2v) is 7.17. The van der Waals surface area contributed by atoms with Crippen LogP contribution >= 0.6 is 23.2 Å². The maximum atomic E-state index is 12.9. The first-order valence-electron chi connectivity index (χ1n) is 8.61. The van der Waals surface area contributed by atoms with Gasteiger partial charge in [0, 0.05) is 22.3 Å². The van der Waals surface area contributed by atoms with Gasteiger partial charge in [-0.05, 0) is 36.6 Å². The Morgan fingerprint density at radius 2 is 1.89 bits per heavy atom. The molecule has 0 bridgehead atoms. The molecule has 0 saturated heterocycles. The number of nitriles is 1. The second-order valence-electron chi connectivity index (χ2n) is 6.32. The van der Waals surface area contributed by atoms with Gasteiger partial charge in [-0.3, -0.25) is 4.79 Å². The molecule has 7 heteroatoms. The van der Waals surface area contributed by atoms with Crippen molar-refractivity contribution >= 4 is 28.8 Å². The van der Waals surface area contributed by atoms with Crippen LogP contribution in [0.15, 0.2) is 59.5 Å². The van der Waals surface area contributed by atoms with E-state index >= 15 is 0 Å². The zero-order chi connectivity index (χ0) is 19.7. The van der Waals surface area contributed by atoms with E-state index in [1.54, 1.807) is 24.4 Å². The Morgan fingerprint density at radius 3 is 2.61 bits per heavy atom. The van der Waals surface area contributed by atoms with Gasteiger partial charge in [0.2, 0.25) is 0 Å². The molecule has 0 atom stereocenters. The lowest BCUT2D eigenvalue weighted by Gasteiger charge is -2.02. The van der Waals surface area contributed by atoms with Crippen LogP contribution in [0.4, 0.5) is 0 Å². The molecule has 0 aliphatic carbocycles. The Morgan fingerprint density at radius 1 is 1.11 bits per heavy atom. The van der Waals surface area contributed by atoms with Gasteiger partial charge in [0.1, 0.15) is 17.3 Å². The normalized spacial score (nSPS) is 10.9. The average molecular weight is 409 g/mol. The second kappa shape index (κ2) is 7.51. The van der Waals surface area contributed by atoms with E-state index in [9.17, 15) is 10.1 Å². The van der Waals surface area contributed by atoms with E-state index in [2.05, 4.69) is 16.2 Å². The Hall–Kier alpha value is -3.07. The number of rotatable bonds is 4. The summed E-state index contributed by atoms with van der Waals surface area (Å²) in [4.78, 5) is 16.0. The third-order valence-electron chi connectivity index (χ3n) is 4.56. The molecular formula is C21H14Cl2N4O. The van der Waals surface area contributed by atoms with Gasteiger partial charge in [0.05, 0.1) is 5.02 Å². The van der Waals surface area contributed by atoms with Crippen LogP contribution in [0.2, 0.25) is 10.0 Å². The van der Waals surface area contributed by atoms with Crippen LogP contribution in [-0.2, 0) is 12.8 Å². The largest absolute Gasteiger partial charge is 0.345 e. The summed E-state index contributed by atoms with van der Waals surface area (Å²) < 4.78 is 1.24. The lowest BCUT2D eigenvalue weighted by Crippen LogP contribution is -2.20. The van der Waals surface area contributed by atoms with Crippen molar-refractivity contribution in [2.24, 2.45) is 0 Å². The number of hydrogen-bond acceptors (Lipinski definition) is 3. The van der Waals surface area contributed by atoms with Gasteiger partial charge in [0.15, 0.2) is 5.65 Å². The van der Waals surface area contributed by atoms with Crippen LogP contribution in [0.5, 0.6) is 0 Å². The molecule has 0 fully saturated rings. The van der Waals surface area contributed by atoms with E-state index in [-0.39, 0.29) is 11.1 Å². The van der Waals surface area contributed by atoms with Crippen LogP contribution in [0, 0.1) is 11.3 Å². The molecule has 1 N–H and O–H groups in total. The standard InChI is InChI=1S/C21H14Cl2N4O/c22-15-8-9-16(18(23)10-15)19-17(11-24)20-25-12-14(21(28)27(20)26-19)7-6-13-4-2-1-3-5-13/h1-5,8-10,12,25H,6-7H2. The summed E-state index contributed by atoms with van der Waals surface area (Å²) >= 11 is 12.2. The topological polar surface area (TPSA) is 74.0 Å². The Bertz CT molecular complexity index is 1270. The minimum atomic E-state index is -0.252. The van der Waals surface area contributed by atoms with Gasteiger partial charge < -0.3 is 4.98 Å². The van der Waals surface area contributed by atoms with Crippen molar-refractivity contribution < 1.29 is 0 Å². The molecule has 4 rings (SSSR count). The number of aryl methyl sites for hydroxylation is 2. The third kappa shape index (κ3) is 3.29. The van der Waals surface area contributed by atoms with Gasteiger partial charge >= 0.3 is 0 Å². The maximum Gasteiger partial charge on any atom is 0.277 e. The molecule has 2 aromatic heterocycles. The summed E-state index contributed by atoms with van der Waals surface area (Å²) in [6.45, 7) is 0. The minimum absolute atomic E-state index is 0.252. The molecule has 4 aromatic rings. The van der Waals surface area contributed by atoms with Crippen molar-refractivity contribution in [3.05, 3.63) is 91.8 Å². The predicted molar refractivity (Wildman–Crippen MR) is 110 cm³/mol. The fourth-order valence-electron chi connectivity index (χ4n) is 3.13. The van der Waals surface area contributed by atoms with Crippen molar-refractivity contribution in [1.82, 2.24) is 14.6 Å². The lowest BCUT2D eigenvalue weighted by atomic mass is 10.1. The number of nitrogens with one attached hydrogen (secondary N) is 1. The summed E-state index contributed by atoms with van der Waals surface area (Å²) in [6, 6.07) is 17.0. The summed E-state index contributed by atoms with van der Waals surface area (Å²) in [5.74, 6) is 0. The monoisotopic (exact) mass is 408 g/mol. The molecule has 0 aliphatic rings. The molecule has 138 valence electrons. The number of nitrogens with zero attached hydrogens (tertiary/aromatic N) is 3. The molecule has 5 nitrogen and oxygen atoms in total. The molecule has 0 spiro atoms. The zero-order valence-electron chi connectivity index (χ0n) is 14.6. The van der Waals surface area contributed by atoms with Crippen molar-refractivity contribution in [3.8, 4) is 17.3 Å². The van der Waals surface area contributed by atoms with Crippen molar-refractivity contribution in [2.45, 2.75) is 12.8 Å². The Labute approximate surface area is 170 Å². The van der Waals surface area contributed by atoms with Gasteiger partial charge in [-0.25, -0.2) is 0 Å². The van der Waals surface area contributed by atoms with Crippen molar-refractivity contribution in [3.63, 3.8) is 0 Å². The highest BCUT2D eigenvalue weighted by molar-refractivity contribution is 6.36. The third-order valence-corrected chi connectivity index (χ3v) is 5.11. The number of halogens is 2. The van der Waals surface area contributed by atoms with Gasteiger partial charge in [-0.15, -0.1) is 0 Å². The zero-order valence-corrected chi connectivity index (χ0v) is 16.1. The smallest absolute Gasteiger partial charge is 0.277 e. The average Bonchev–Trinajstić information content (AvgIpc) is 3.07. The molecule has 0 saturated carbocycles. The number of hydrogen-bond donors (Lipinski definition) is 1. The number of benzene rings is 2. The van der Waals surface area contributed by atoms with Crippen LogP contribution in [-0.4, -0.2) is 14.6 Å². The van der Waals surface area contributed by atoms with E-state index in [0.717, 1.165) is 12.0 Å². The van der Waals surface area contributed by atoms with E-state index in [1.165, 1.54) is 4.52 Å². The fraction of sp³-hybridized carbons (Fsp3) is 0.0952. The molecule has 0 amide bonds. The summed E-state index contributed by atoms with van der Waals surface area (Å²) in [5.41, 5.74) is 2.99. The summed E-state index contributed by atoms with van der Waals surface area (Å²) in [7, 11) is 0. The summed E-state index contributed by atoms with van der Waals surface area (Å²) in [6.07, 6.45) is 2.95. The van der Waals surface area contributed by atoms with Crippen molar-refractivity contribution in [1.29, 1.82) is 5.26 Å². The molecule has 0 unspecified atom stereocenters. The Kier molecular flexibility index (Phi) is 4.91. The first kappa shape index (κ1) is 18.3. The van der Waals surface area contributed by atoms with Gasteiger partial charge in [-0.1, -0.05) is 53.5 Å². The first-order chi connectivity index (χ1) is 13.6. The highest BCUT2D eigenvalue weighted by Gasteiger charge is 2.19. The lowest BCUT2D eigenvalue weighted by molar-refractivity contribution is 0.845. The minimum Gasteiger partial charge on any atom is -0.345 e. The number of aromatic nitrogens is 3. The number of H-pyrrole nitrogens is 1. The van der Waals surface area contributed by atoms with Crippen molar-refractivity contribution in [2.75, 3.05) is 0 Å². The quantitative estimate of drug-likeness (QED) is 0.533. The molecule has 28 heavy (non-hydrogen) atoms. The molecular weight excluding hydrogens is 395 g/mol. The van der Waals surface area contributed by atoms with Crippen LogP contribution in [0.25, 0.3) is 16.9 Å². The SMILES string of the molecule is N#Cc1c(-c2ccc(Cl)cc2Cl)nn2c(=O)c(CCc3ccccc3)c[nH]c12. The van der Waals surface area contributed by atoms with E-state index in [4.69, 9.17) is 23.2 Å². The predicted octanol–water partition coefficient (Wildman–Crippen LogP) is 4.65. The number of aromatic amines is 1. The van der Waals surface area contributed by atoms with Crippen LogP contribution in [0.1, 0.15) is 16.7 Å². The highest BCUT2D eigenvalue weighted by atomic mass is 35.5. The van der Waals surface area contributed by atoms with Gasteiger partial charge in [0.25, 0.3) is 5.56 Å². The van der Waals surface area contributed by atoms with Gasteiger partial charge in [-0.2, -0.15) is 14.9 Å². The highest BCUT2D eigenvalue weighted by Crippen LogP contribution is 2.32. The molecule has 0 radical (unpaired) electrons. The van der Waals surface area contributed by atoms with E-state index < -0.39 is 0 Å². The van der Waals surface area contributed by atoms with E-state index in [0.29, 0.717) is 38.9 Å². The maximum absolute atomic E-state index is 12.9.